The summed E-state index contributed by atoms with van der Waals surface area (Å²) >= 11 is 6.49. The molecule has 2 aromatic carbocycles. The lowest BCUT2D eigenvalue weighted by Gasteiger charge is -2.15. The van der Waals surface area contributed by atoms with E-state index < -0.39 is 11.7 Å². The van der Waals surface area contributed by atoms with Crippen LogP contribution < -0.4 is 9.64 Å². The smallest absolute Gasteiger partial charge is 0.416 e. The number of anilines is 1. The first kappa shape index (κ1) is 22.2. The predicted molar refractivity (Wildman–Crippen MR) is 122 cm³/mol. The molecular formula is C23H16F3NO3S2. The van der Waals surface area contributed by atoms with Gasteiger partial charge in [0.15, 0.2) is 4.32 Å². The summed E-state index contributed by atoms with van der Waals surface area (Å²) in [6, 6.07) is 15.0. The first-order chi connectivity index (χ1) is 15.3. The van der Waals surface area contributed by atoms with Gasteiger partial charge in [0.1, 0.15) is 17.3 Å². The molecule has 0 bridgehead atoms. The normalized spacial score (nSPS) is 15.6. The molecule has 1 saturated heterocycles. The molecule has 0 atom stereocenters. The van der Waals surface area contributed by atoms with Crippen molar-refractivity contribution >= 4 is 46.0 Å². The zero-order valence-corrected chi connectivity index (χ0v) is 18.3. The summed E-state index contributed by atoms with van der Waals surface area (Å²) in [5, 5.41) is 0. The second-order valence-corrected chi connectivity index (χ2v) is 8.40. The van der Waals surface area contributed by atoms with Crippen LogP contribution in [0.4, 0.5) is 18.9 Å². The summed E-state index contributed by atoms with van der Waals surface area (Å²) in [5.74, 6) is 0.991. The molecule has 0 N–H and O–H groups in total. The van der Waals surface area contributed by atoms with E-state index in [1.54, 1.807) is 36.4 Å². The fourth-order valence-electron chi connectivity index (χ4n) is 3.11. The summed E-state index contributed by atoms with van der Waals surface area (Å²) in [6.45, 7) is 2.42. The van der Waals surface area contributed by atoms with Crippen LogP contribution in [-0.2, 0) is 11.0 Å². The van der Waals surface area contributed by atoms with Crippen molar-refractivity contribution in [2.75, 3.05) is 11.5 Å². The van der Waals surface area contributed by atoms with Gasteiger partial charge in [-0.15, -0.1) is 0 Å². The van der Waals surface area contributed by atoms with Crippen LogP contribution in [0.15, 0.2) is 70.0 Å². The standard InChI is InChI=1S/C23H16F3NO3S2/c1-2-29-17-8-6-16(7-9-17)27-21(28)20(32-22(27)31)13-18-10-11-19(30-18)14-4-3-5-15(12-14)23(24,25)26/h3-13H,2H2,1H3/b20-13-. The lowest BCUT2D eigenvalue weighted by Crippen LogP contribution is -2.27. The van der Waals surface area contributed by atoms with E-state index in [0.29, 0.717) is 38.6 Å². The third kappa shape index (κ3) is 4.58. The Balaban J connectivity index is 1.56. The van der Waals surface area contributed by atoms with Crippen molar-refractivity contribution in [2.45, 2.75) is 13.1 Å². The number of ether oxygens (including phenoxy) is 1. The number of nitrogens with zero attached hydrogens (tertiary/aromatic N) is 1. The molecule has 1 aliphatic rings. The molecule has 1 fully saturated rings. The first-order valence-corrected chi connectivity index (χ1v) is 10.8. The van der Waals surface area contributed by atoms with Crippen molar-refractivity contribution in [3.8, 4) is 17.1 Å². The summed E-state index contributed by atoms with van der Waals surface area (Å²) in [7, 11) is 0. The summed E-state index contributed by atoms with van der Waals surface area (Å²) in [4.78, 5) is 14.7. The maximum absolute atomic E-state index is 13.0. The van der Waals surface area contributed by atoms with E-state index in [1.807, 2.05) is 6.92 Å². The highest BCUT2D eigenvalue weighted by molar-refractivity contribution is 8.27. The average Bonchev–Trinajstić information content (AvgIpc) is 3.33. The van der Waals surface area contributed by atoms with Crippen LogP contribution in [0.25, 0.3) is 17.4 Å². The number of amides is 1. The molecule has 0 aliphatic carbocycles. The molecule has 0 radical (unpaired) electrons. The monoisotopic (exact) mass is 475 g/mol. The number of hydrogen-bond acceptors (Lipinski definition) is 5. The van der Waals surface area contributed by atoms with E-state index in [4.69, 9.17) is 21.4 Å². The van der Waals surface area contributed by atoms with Crippen molar-refractivity contribution in [2.24, 2.45) is 0 Å². The van der Waals surface area contributed by atoms with Gasteiger partial charge in [0.05, 0.1) is 22.8 Å². The summed E-state index contributed by atoms with van der Waals surface area (Å²) < 4.78 is 50.4. The second-order valence-electron chi connectivity index (χ2n) is 6.72. The average molecular weight is 476 g/mol. The zero-order valence-electron chi connectivity index (χ0n) is 16.7. The molecule has 9 heteroatoms. The molecule has 4 rings (SSSR count). The van der Waals surface area contributed by atoms with Crippen LogP contribution in [0.2, 0.25) is 0 Å². The Labute approximate surface area is 191 Å². The number of carbonyl (C=O) groups is 1. The minimum absolute atomic E-state index is 0.268. The molecule has 0 saturated carbocycles. The van der Waals surface area contributed by atoms with E-state index in [9.17, 15) is 18.0 Å². The SMILES string of the molecule is CCOc1ccc(N2C(=O)/C(=C/c3ccc(-c4cccc(C(F)(F)F)c4)o3)SC2=S)cc1. The number of benzene rings is 2. The van der Waals surface area contributed by atoms with Crippen molar-refractivity contribution < 1.29 is 27.1 Å². The molecule has 4 nitrogen and oxygen atoms in total. The van der Waals surface area contributed by atoms with Crippen molar-refractivity contribution in [1.29, 1.82) is 0 Å². The lowest BCUT2D eigenvalue weighted by molar-refractivity contribution is -0.137. The quantitative estimate of drug-likeness (QED) is 0.301. The number of carbonyl (C=O) groups excluding carboxylic acids is 1. The van der Waals surface area contributed by atoms with Crippen molar-refractivity contribution in [1.82, 2.24) is 0 Å². The van der Waals surface area contributed by atoms with Gasteiger partial charge in [-0.05, 0) is 55.5 Å². The third-order valence-corrected chi connectivity index (χ3v) is 5.88. The fourth-order valence-corrected chi connectivity index (χ4v) is 4.39. The predicted octanol–water partition coefficient (Wildman–Crippen LogP) is 6.77. The minimum atomic E-state index is -4.44. The molecule has 3 aromatic rings. The molecule has 1 aromatic heterocycles. The van der Waals surface area contributed by atoms with Crippen LogP contribution in [0.5, 0.6) is 5.75 Å². The van der Waals surface area contributed by atoms with E-state index in [-0.39, 0.29) is 11.7 Å². The maximum Gasteiger partial charge on any atom is 0.416 e. The van der Waals surface area contributed by atoms with Crippen LogP contribution in [0.3, 0.4) is 0 Å². The number of alkyl halides is 3. The van der Waals surface area contributed by atoms with Crippen LogP contribution in [0.1, 0.15) is 18.2 Å². The van der Waals surface area contributed by atoms with Gasteiger partial charge in [-0.3, -0.25) is 9.69 Å². The van der Waals surface area contributed by atoms with Gasteiger partial charge in [-0.1, -0.05) is 36.1 Å². The van der Waals surface area contributed by atoms with E-state index in [2.05, 4.69) is 0 Å². The summed E-state index contributed by atoms with van der Waals surface area (Å²) in [5.41, 5.74) is 0.147. The van der Waals surface area contributed by atoms with Gasteiger partial charge in [0, 0.05) is 11.6 Å². The molecule has 1 amide bonds. The number of rotatable bonds is 5. The largest absolute Gasteiger partial charge is 0.494 e. The van der Waals surface area contributed by atoms with Gasteiger partial charge in [-0.25, -0.2) is 0 Å². The maximum atomic E-state index is 13.0. The Morgan fingerprint density at radius 3 is 2.56 bits per heavy atom. The Hall–Kier alpha value is -3.04. The molecule has 0 unspecified atom stereocenters. The molecule has 1 aliphatic heterocycles. The molecule has 32 heavy (non-hydrogen) atoms. The van der Waals surface area contributed by atoms with Gasteiger partial charge in [0.2, 0.25) is 0 Å². The van der Waals surface area contributed by atoms with Gasteiger partial charge >= 0.3 is 6.18 Å². The van der Waals surface area contributed by atoms with Gasteiger partial charge in [0.25, 0.3) is 5.91 Å². The van der Waals surface area contributed by atoms with Crippen LogP contribution in [-0.4, -0.2) is 16.8 Å². The second kappa shape index (κ2) is 8.84. The number of hydrogen-bond donors (Lipinski definition) is 0. The highest BCUT2D eigenvalue weighted by atomic mass is 32.2. The molecule has 164 valence electrons. The number of halogens is 3. The number of furan rings is 1. The Kier molecular flexibility index (Phi) is 6.12. The van der Waals surface area contributed by atoms with Crippen LogP contribution in [0, 0.1) is 0 Å². The molecule has 2 heterocycles. The van der Waals surface area contributed by atoms with Gasteiger partial charge < -0.3 is 9.15 Å². The number of thioether (sulfide) groups is 1. The third-order valence-electron chi connectivity index (χ3n) is 4.57. The van der Waals surface area contributed by atoms with E-state index in [1.165, 1.54) is 23.1 Å². The van der Waals surface area contributed by atoms with Crippen molar-refractivity contribution in [3.63, 3.8) is 0 Å². The first-order valence-electron chi connectivity index (χ1n) is 9.54. The Bertz CT molecular complexity index is 1200. The zero-order chi connectivity index (χ0) is 22.9. The fraction of sp³-hybridized carbons (Fsp3) is 0.130. The molecular weight excluding hydrogens is 459 g/mol. The van der Waals surface area contributed by atoms with E-state index >= 15 is 0 Å². The highest BCUT2D eigenvalue weighted by Crippen LogP contribution is 2.37. The summed E-state index contributed by atoms with van der Waals surface area (Å²) in [6.07, 6.45) is -2.91. The molecule has 0 spiro atoms. The van der Waals surface area contributed by atoms with Crippen LogP contribution >= 0.6 is 24.0 Å². The number of thiocarbonyl (C=S) groups is 1. The topological polar surface area (TPSA) is 42.7 Å². The van der Waals surface area contributed by atoms with Gasteiger partial charge in [-0.2, -0.15) is 13.2 Å². The highest BCUT2D eigenvalue weighted by Gasteiger charge is 2.34. The Morgan fingerprint density at radius 2 is 1.88 bits per heavy atom. The lowest BCUT2D eigenvalue weighted by atomic mass is 10.1. The van der Waals surface area contributed by atoms with Crippen molar-refractivity contribution in [3.05, 3.63) is 76.9 Å². The Morgan fingerprint density at radius 1 is 1.12 bits per heavy atom. The minimum Gasteiger partial charge on any atom is -0.494 e. The van der Waals surface area contributed by atoms with E-state index in [0.717, 1.165) is 23.9 Å².